The van der Waals surface area contributed by atoms with E-state index >= 15 is 0 Å². The molecule has 0 spiro atoms. The first-order chi connectivity index (χ1) is 7.24. The predicted molar refractivity (Wildman–Crippen MR) is 48.3 cm³/mol. The fourth-order valence-electron chi connectivity index (χ4n) is 0.778. The molecule has 1 aliphatic rings. The highest BCUT2D eigenvalue weighted by molar-refractivity contribution is 5.74. The Kier molecular flexibility index (Phi) is 5.56. The third-order valence-electron chi connectivity index (χ3n) is 1.77. The number of carbonyl (C=O) groups is 1. The summed E-state index contributed by atoms with van der Waals surface area (Å²) < 4.78 is 14.8. The van der Waals surface area contributed by atoms with Gasteiger partial charge in [-0.15, -0.1) is 0 Å². The lowest BCUT2D eigenvalue weighted by Gasteiger charge is -2.11. The van der Waals surface area contributed by atoms with Crippen molar-refractivity contribution in [1.29, 1.82) is 0 Å². The number of hydrogen-bond donors (Lipinski definition) is 0. The van der Waals surface area contributed by atoms with Gasteiger partial charge in [-0.3, -0.25) is 4.74 Å². The maximum atomic E-state index is 11.2. The first-order valence-corrected chi connectivity index (χ1v) is 4.96. The van der Waals surface area contributed by atoms with Crippen LogP contribution in [0.4, 0.5) is 0 Å². The third-order valence-corrected chi connectivity index (χ3v) is 1.77. The van der Waals surface area contributed by atoms with E-state index in [0.717, 1.165) is 12.8 Å². The van der Waals surface area contributed by atoms with E-state index in [1.54, 1.807) is 6.92 Å². The van der Waals surface area contributed by atoms with Crippen molar-refractivity contribution in [3.63, 3.8) is 0 Å². The Morgan fingerprint density at radius 2 is 2.20 bits per heavy atom. The molecular formula is C9H16O6. The van der Waals surface area contributed by atoms with Crippen molar-refractivity contribution in [3.05, 3.63) is 0 Å². The summed E-state index contributed by atoms with van der Waals surface area (Å²) in [6.45, 7) is 3.35. The molecule has 0 amide bonds. The van der Waals surface area contributed by atoms with Crippen molar-refractivity contribution < 1.29 is 28.8 Å². The Hall–Kier alpha value is -0.690. The van der Waals surface area contributed by atoms with Crippen LogP contribution in [0.25, 0.3) is 0 Å². The lowest BCUT2D eigenvalue weighted by atomic mass is 10.3. The lowest BCUT2D eigenvalue weighted by Crippen LogP contribution is -2.25. The van der Waals surface area contributed by atoms with E-state index in [2.05, 4.69) is 9.78 Å². The van der Waals surface area contributed by atoms with E-state index in [1.165, 1.54) is 0 Å². The Balaban J connectivity index is 1.98. The second-order valence-corrected chi connectivity index (χ2v) is 3.10. The molecule has 1 fully saturated rings. The molecule has 6 nitrogen and oxygen atoms in total. The highest BCUT2D eigenvalue weighted by Gasteiger charge is 2.27. The summed E-state index contributed by atoms with van der Waals surface area (Å²) in [5, 5.41) is 0. The molecule has 6 heteroatoms. The lowest BCUT2D eigenvalue weighted by molar-refractivity contribution is -0.170. The molecule has 0 aromatic heterocycles. The van der Waals surface area contributed by atoms with Crippen molar-refractivity contribution in [2.75, 3.05) is 13.4 Å². The Morgan fingerprint density at radius 1 is 1.47 bits per heavy atom. The molecule has 0 aromatic rings. The Bertz CT molecular complexity index is 191. The van der Waals surface area contributed by atoms with Gasteiger partial charge in [-0.05, 0) is 13.3 Å². The first kappa shape index (κ1) is 12.4. The van der Waals surface area contributed by atoms with Crippen molar-refractivity contribution in [1.82, 2.24) is 0 Å². The number of ether oxygens (including phenoxy) is 3. The van der Waals surface area contributed by atoms with Gasteiger partial charge in [-0.25, -0.2) is 4.79 Å². The molecule has 0 aromatic carbocycles. The van der Waals surface area contributed by atoms with E-state index in [4.69, 9.17) is 14.2 Å². The highest BCUT2D eigenvalue weighted by Crippen LogP contribution is 2.13. The monoisotopic (exact) mass is 220 g/mol. The summed E-state index contributed by atoms with van der Waals surface area (Å²) in [6, 6.07) is 0. The zero-order valence-corrected chi connectivity index (χ0v) is 8.93. The Labute approximate surface area is 88.3 Å². The molecule has 0 bridgehead atoms. The SMILES string of the molecule is CCCCOC(=O)C(C)OCOC1OO1. The molecule has 1 saturated heterocycles. The van der Waals surface area contributed by atoms with Crippen molar-refractivity contribution in [3.8, 4) is 0 Å². The molecule has 1 heterocycles. The van der Waals surface area contributed by atoms with E-state index in [9.17, 15) is 4.79 Å². The van der Waals surface area contributed by atoms with Crippen molar-refractivity contribution in [2.45, 2.75) is 39.3 Å². The number of rotatable bonds is 8. The molecule has 1 atom stereocenters. The summed E-state index contributed by atoms with van der Waals surface area (Å²) in [5.74, 6) is -0.385. The number of carbonyl (C=O) groups excluding carboxylic acids is 1. The van der Waals surface area contributed by atoms with Gasteiger partial charge in [0.15, 0.2) is 12.9 Å². The zero-order chi connectivity index (χ0) is 11.1. The smallest absolute Gasteiger partial charge is 0.335 e. The fraction of sp³-hybridized carbons (Fsp3) is 0.889. The van der Waals surface area contributed by atoms with E-state index < -0.39 is 12.6 Å². The highest BCUT2D eigenvalue weighted by atomic mass is 17.4. The van der Waals surface area contributed by atoms with Gasteiger partial charge in [0, 0.05) is 0 Å². The van der Waals surface area contributed by atoms with Crippen LogP contribution in [0.2, 0.25) is 0 Å². The standard InChI is InChI=1S/C9H16O6/c1-3-4-5-11-8(10)7(2)12-6-13-9-14-15-9/h7,9H,3-6H2,1-2H3. The van der Waals surface area contributed by atoms with Gasteiger partial charge in [-0.1, -0.05) is 13.3 Å². The van der Waals surface area contributed by atoms with Crippen molar-refractivity contribution in [2.24, 2.45) is 0 Å². The van der Waals surface area contributed by atoms with Crippen molar-refractivity contribution >= 4 is 5.97 Å². The second-order valence-electron chi connectivity index (χ2n) is 3.10. The summed E-state index contributed by atoms with van der Waals surface area (Å²) in [7, 11) is 0. The summed E-state index contributed by atoms with van der Waals surface area (Å²) >= 11 is 0. The van der Waals surface area contributed by atoms with Crippen LogP contribution < -0.4 is 0 Å². The summed E-state index contributed by atoms with van der Waals surface area (Å²) in [4.78, 5) is 19.9. The van der Waals surface area contributed by atoms with Crippen LogP contribution in [-0.4, -0.2) is 31.9 Å². The summed E-state index contributed by atoms with van der Waals surface area (Å²) in [6.07, 6.45) is 1.21. The molecule has 1 rings (SSSR count). The fourth-order valence-corrected chi connectivity index (χ4v) is 0.778. The van der Waals surface area contributed by atoms with Gasteiger partial charge >= 0.3 is 12.4 Å². The number of esters is 1. The van der Waals surface area contributed by atoms with Crippen LogP contribution in [0, 0.1) is 0 Å². The quantitative estimate of drug-likeness (QED) is 0.199. The van der Waals surface area contributed by atoms with Gasteiger partial charge in [0.05, 0.1) is 6.61 Å². The predicted octanol–water partition coefficient (Wildman–Crippen LogP) is 0.954. The van der Waals surface area contributed by atoms with Gasteiger partial charge in [0.1, 0.15) is 0 Å². The van der Waals surface area contributed by atoms with Gasteiger partial charge in [0.25, 0.3) is 0 Å². The number of hydrogen-bond acceptors (Lipinski definition) is 6. The summed E-state index contributed by atoms with van der Waals surface area (Å²) in [5.41, 5.74) is 0. The van der Waals surface area contributed by atoms with Gasteiger partial charge in [0.2, 0.25) is 0 Å². The van der Waals surface area contributed by atoms with Crippen LogP contribution in [-0.2, 0) is 28.8 Å². The van der Waals surface area contributed by atoms with E-state index in [-0.39, 0.29) is 12.8 Å². The van der Waals surface area contributed by atoms with Crippen LogP contribution >= 0.6 is 0 Å². The average Bonchev–Trinajstić information content (AvgIpc) is 3.02. The minimum Gasteiger partial charge on any atom is -0.464 e. The molecule has 88 valence electrons. The van der Waals surface area contributed by atoms with Crippen LogP contribution in [0.15, 0.2) is 0 Å². The maximum Gasteiger partial charge on any atom is 0.335 e. The normalized spacial score (nSPS) is 17.5. The molecule has 0 aliphatic carbocycles. The van der Waals surface area contributed by atoms with E-state index in [1.807, 2.05) is 6.92 Å². The molecule has 0 saturated carbocycles. The van der Waals surface area contributed by atoms with E-state index in [0.29, 0.717) is 6.61 Å². The maximum absolute atomic E-state index is 11.2. The molecule has 0 N–H and O–H groups in total. The topological polar surface area (TPSA) is 69.8 Å². The molecule has 0 radical (unpaired) electrons. The first-order valence-electron chi connectivity index (χ1n) is 4.96. The minimum absolute atomic E-state index is 0.0608. The Morgan fingerprint density at radius 3 is 2.80 bits per heavy atom. The third kappa shape index (κ3) is 5.68. The molecular weight excluding hydrogens is 204 g/mol. The molecule has 1 unspecified atom stereocenters. The van der Waals surface area contributed by atoms with Crippen LogP contribution in [0.1, 0.15) is 26.7 Å². The van der Waals surface area contributed by atoms with Crippen LogP contribution in [0.5, 0.6) is 0 Å². The average molecular weight is 220 g/mol. The molecule has 15 heavy (non-hydrogen) atoms. The molecule has 1 aliphatic heterocycles. The van der Waals surface area contributed by atoms with Crippen LogP contribution in [0.3, 0.4) is 0 Å². The second kappa shape index (κ2) is 6.73. The van der Waals surface area contributed by atoms with Gasteiger partial charge in [-0.2, -0.15) is 9.78 Å². The van der Waals surface area contributed by atoms with Gasteiger partial charge < -0.3 is 9.47 Å². The zero-order valence-electron chi connectivity index (χ0n) is 8.93. The largest absolute Gasteiger partial charge is 0.464 e. The minimum atomic E-state index is -0.645. The number of unbranched alkanes of at least 4 members (excludes halogenated alkanes) is 1.